The van der Waals surface area contributed by atoms with Crippen LogP contribution in [0.3, 0.4) is 0 Å². The minimum absolute atomic E-state index is 0. The molecule has 0 spiro atoms. The highest BCUT2D eigenvalue weighted by Crippen LogP contribution is 2.25. The van der Waals surface area contributed by atoms with E-state index in [4.69, 9.17) is 5.73 Å². The molecular weight excluding hydrogens is 302 g/mol. The zero-order valence-corrected chi connectivity index (χ0v) is 13.2. The number of nitrogens with one attached hydrogen (secondary N) is 2. The number of anilines is 1. The first-order chi connectivity index (χ1) is 10.1. The van der Waals surface area contributed by atoms with Crippen molar-refractivity contribution in [1.82, 2.24) is 5.32 Å². The van der Waals surface area contributed by atoms with Crippen molar-refractivity contribution in [3.05, 3.63) is 29.8 Å². The molecule has 3 rings (SSSR count). The Morgan fingerprint density at radius 3 is 2.27 bits per heavy atom. The molecule has 6 heteroatoms. The van der Waals surface area contributed by atoms with Gasteiger partial charge in [-0.2, -0.15) is 0 Å². The summed E-state index contributed by atoms with van der Waals surface area (Å²) in [7, 11) is 0. The summed E-state index contributed by atoms with van der Waals surface area (Å²) in [4.78, 5) is 24.0. The zero-order chi connectivity index (χ0) is 14.8. The first-order valence-corrected chi connectivity index (χ1v) is 7.61. The van der Waals surface area contributed by atoms with Crippen molar-refractivity contribution in [2.75, 3.05) is 5.32 Å². The third kappa shape index (κ3) is 3.99. The summed E-state index contributed by atoms with van der Waals surface area (Å²) in [5, 5.41) is 5.82. The minimum atomic E-state index is -0.0946. The van der Waals surface area contributed by atoms with Gasteiger partial charge in [0.05, 0.1) is 5.92 Å². The van der Waals surface area contributed by atoms with Crippen LogP contribution < -0.4 is 16.4 Å². The monoisotopic (exact) mass is 323 g/mol. The number of hydrogen-bond acceptors (Lipinski definition) is 3. The van der Waals surface area contributed by atoms with E-state index in [-0.39, 0.29) is 36.2 Å². The Kier molecular flexibility index (Phi) is 5.42. The summed E-state index contributed by atoms with van der Waals surface area (Å²) in [5.74, 6) is -0.161. The van der Waals surface area contributed by atoms with Crippen LogP contribution in [0.25, 0.3) is 0 Å². The van der Waals surface area contributed by atoms with Gasteiger partial charge in [0.1, 0.15) is 0 Å². The van der Waals surface area contributed by atoms with Crippen molar-refractivity contribution >= 4 is 29.9 Å². The molecule has 2 unspecified atom stereocenters. The third-order valence-corrected chi connectivity index (χ3v) is 4.23. The first kappa shape index (κ1) is 16.8. The highest BCUT2D eigenvalue weighted by atomic mass is 35.5. The molecule has 2 amide bonds. The summed E-state index contributed by atoms with van der Waals surface area (Å²) >= 11 is 0. The fraction of sp³-hybridized carbons (Fsp3) is 0.500. The second kappa shape index (κ2) is 7.11. The number of halogens is 1. The van der Waals surface area contributed by atoms with Crippen molar-refractivity contribution in [1.29, 1.82) is 0 Å². The van der Waals surface area contributed by atoms with E-state index in [1.54, 1.807) is 24.3 Å². The maximum absolute atomic E-state index is 12.1. The molecule has 0 bridgehead atoms. The Morgan fingerprint density at radius 2 is 1.73 bits per heavy atom. The summed E-state index contributed by atoms with van der Waals surface area (Å²) in [5.41, 5.74) is 7.27. The van der Waals surface area contributed by atoms with E-state index in [1.165, 1.54) is 0 Å². The largest absolute Gasteiger partial charge is 0.349 e. The van der Waals surface area contributed by atoms with Crippen molar-refractivity contribution in [2.45, 2.75) is 44.2 Å². The molecule has 2 atom stereocenters. The Labute approximate surface area is 136 Å². The van der Waals surface area contributed by atoms with Crippen molar-refractivity contribution in [2.24, 2.45) is 11.7 Å². The van der Waals surface area contributed by atoms with Crippen LogP contribution in [0.5, 0.6) is 0 Å². The molecule has 22 heavy (non-hydrogen) atoms. The van der Waals surface area contributed by atoms with E-state index in [1.807, 2.05) is 0 Å². The molecule has 0 radical (unpaired) electrons. The fourth-order valence-electron chi connectivity index (χ4n) is 2.75. The van der Waals surface area contributed by atoms with Crippen molar-refractivity contribution in [3.63, 3.8) is 0 Å². The van der Waals surface area contributed by atoms with Gasteiger partial charge >= 0.3 is 0 Å². The SMILES string of the molecule is Cl.NC1CCCC1C(=O)Nc1ccc(C(=O)NC2CC2)cc1. The molecule has 4 N–H and O–H groups in total. The molecule has 2 saturated carbocycles. The van der Waals surface area contributed by atoms with Crippen LogP contribution in [-0.2, 0) is 4.79 Å². The molecular formula is C16H22ClN3O2. The van der Waals surface area contributed by atoms with E-state index in [0.717, 1.165) is 32.1 Å². The van der Waals surface area contributed by atoms with Crippen molar-refractivity contribution < 1.29 is 9.59 Å². The van der Waals surface area contributed by atoms with Crippen LogP contribution in [0.2, 0.25) is 0 Å². The van der Waals surface area contributed by atoms with Gasteiger partial charge in [0.25, 0.3) is 5.91 Å². The van der Waals surface area contributed by atoms with Gasteiger partial charge < -0.3 is 16.4 Å². The standard InChI is InChI=1S/C16H21N3O2.ClH/c17-14-3-1-2-13(14)16(21)19-11-6-4-10(5-7-11)15(20)18-12-8-9-12;/h4-7,12-14H,1-3,8-9,17H2,(H,18,20)(H,19,21);1H. The molecule has 5 nitrogen and oxygen atoms in total. The molecule has 0 aromatic heterocycles. The van der Waals surface area contributed by atoms with Gasteiger partial charge in [-0.1, -0.05) is 6.42 Å². The maximum Gasteiger partial charge on any atom is 0.251 e. The lowest BCUT2D eigenvalue weighted by Gasteiger charge is -2.15. The molecule has 0 saturated heterocycles. The van der Waals surface area contributed by atoms with E-state index in [9.17, 15) is 9.59 Å². The van der Waals surface area contributed by atoms with Crippen LogP contribution in [0, 0.1) is 5.92 Å². The van der Waals surface area contributed by atoms with Gasteiger partial charge in [0.15, 0.2) is 0 Å². The van der Waals surface area contributed by atoms with Crippen LogP contribution in [0.15, 0.2) is 24.3 Å². The van der Waals surface area contributed by atoms with Gasteiger partial charge in [-0.3, -0.25) is 9.59 Å². The average molecular weight is 324 g/mol. The normalized spacial score (nSPS) is 23.5. The smallest absolute Gasteiger partial charge is 0.251 e. The lowest BCUT2D eigenvalue weighted by molar-refractivity contribution is -0.120. The van der Waals surface area contributed by atoms with E-state index in [2.05, 4.69) is 10.6 Å². The molecule has 2 aliphatic carbocycles. The number of nitrogens with two attached hydrogens (primary N) is 1. The Morgan fingerprint density at radius 1 is 1.05 bits per heavy atom. The highest BCUT2D eigenvalue weighted by Gasteiger charge is 2.30. The number of carbonyl (C=O) groups is 2. The predicted molar refractivity (Wildman–Crippen MR) is 88.1 cm³/mol. The lowest BCUT2D eigenvalue weighted by atomic mass is 10.0. The molecule has 0 aliphatic heterocycles. The second-order valence-corrected chi connectivity index (χ2v) is 6.02. The number of rotatable bonds is 4. The summed E-state index contributed by atoms with van der Waals surface area (Å²) in [6.45, 7) is 0. The molecule has 2 fully saturated rings. The fourth-order valence-corrected chi connectivity index (χ4v) is 2.75. The summed E-state index contributed by atoms with van der Waals surface area (Å²) < 4.78 is 0. The Hall–Kier alpha value is -1.59. The van der Waals surface area contributed by atoms with E-state index >= 15 is 0 Å². The predicted octanol–water partition coefficient (Wildman–Crippen LogP) is 2.07. The number of amides is 2. The van der Waals surface area contributed by atoms with Gasteiger partial charge in [-0.25, -0.2) is 0 Å². The second-order valence-electron chi connectivity index (χ2n) is 6.02. The van der Waals surface area contributed by atoms with Gasteiger partial charge in [0.2, 0.25) is 5.91 Å². The lowest BCUT2D eigenvalue weighted by Crippen LogP contribution is -2.34. The maximum atomic E-state index is 12.1. The molecule has 1 aromatic carbocycles. The van der Waals surface area contributed by atoms with Crippen molar-refractivity contribution in [3.8, 4) is 0 Å². The van der Waals surface area contributed by atoms with Crippen LogP contribution >= 0.6 is 12.4 Å². The quantitative estimate of drug-likeness (QED) is 0.793. The minimum Gasteiger partial charge on any atom is -0.349 e. The Balaban J connectivity index is 0.00000176. The topological polar surface area (TPSA) is 84.2 Å². The highest BCUT2D eigenvalue weighted by molar-refractivity contribution is 5.96. The van der Waals surface area contributed by atoms with Crippen LogP contribution in [-0.4, -0.2) is 23.9 Å². The third-order valence-electron chi connectivity index (χ3n) is 4.23. The molecule has 0 heterocycles. The first-order valence-electron chi connectivity index (χ1n) is 7.61. The summed E-state index contributed by atoms with van der Waals surface area (Å²) in [6.07, 6.45) is 4.93. The zero-order valence-electron chi connectivity index (χ0n) is 12.4. The Bertz CT molecular complexity index is 543. The number of benzene rings is 1. The average Bonchev–Trinajstić information content (AvgIpc) is 3.18. The summed E-state index contributed by atoms with van der Waals surface area (Å²) in [6, 6.07) is 7.32. The van der Waals surface area contributed by atoms with Crippen LogP contribution in [0.1, 0.15) is 42.5 Å². The van der Waals surface area contributed by atoms with E-state index < -0.39 is 0 Å². The number of carbonyl (C=O) groups excluding carboxylic acids is 2. The molecule has 1 aromatic rings. The molecule has 120 valence electrons. The van der Waals surface area contributed by atoms with E-state index in [0.29, 0.717) is 17.3 Å². The molecule has 2 aliphatic rings. The number of hydrogen-bond donors (Lipinski definition) is 3. The van der Waals surface area contributed by atoms with Gasteiger partial charge in [-0.05, 0) is 49.9 Å². The van der Waals surface area contributed by atoms with Gasteiger partial charge in [-0.15, -0.1) is 12.4 Å². The van der Waals surface area contributed by atoms with Crippen LogP contribution in [0.4, 0.5) is 5.69 Å². The van der Waals surface area contributed by atoms with Gasteiger partial charge in [0, 0.05) is 23.3 Å².